The van der Waals surface area contributed by atoms with Crippen molar-refractivity contribution in [2.75, 3.05) is 13.1 Å². The van der Waals surface area contributed by atoms with Gasteiger partial charge < -0.3 is 5.11 Å². The van der Waals surface area contributed by atoms with Crippen molar-refractivity contribution in [3.63, 3.8) is 0 Å². The van der Waals surface area contributed by atoms with Gasteiger partial charge in [-0.15, -0.1) is 0 Å². The van der Waals surface area contributed by atoms with E-state index in [1.165, 1.54) is 16.6 Å². The minimum atomic E-state index is -3.50. The van der Waals surface area contributed by atoms with E-state index in [9.17, 15) is 13.2 Å². The van der Waals surface area contributed by atoms with Crippen molar-refractivity contribution in [2.45, 2.75) is 24.3 Å². The van der Waals surface area contributed by atoms with E-state index in [2.05, 4.69) is 10.2 Å². The van der Waals surface area contributed by atoms with Crippen LogP contribution in [0, 0.1) is 5.92 Å². The normalized spacial score (nSPS) is 18.9. The number of rotatable bonds is 4. The van der Waals surface area contributed by atoms with Crippen LogP contribution >= 0.6 is 0 Å². The van der Waals surface area contributed by atoms with Gasteiger partial charge in [0, 0.05) is 19.5 Å². The van der Waals surface area contributed by atoms with E-state index >= 15 is 0 Å². The zero-order valence-electron chi connectivity index (χ0n) is 9.74. The first-order valence-electron chi connectivity index (χ1n) is 5.71. The molecule has 1 aliphatic rings. The number of aromatic nitrogens is 2. The van der Waals surface area contributed by atoms with Gasteiger partial charge in [-0.25, -0.2) is 8.42 Å². The Balaban J connectivity index is 2.00. The van der Waals surface area contributed by atoms with Crippen LogP contribution in [0.3, 0.4) is 0 Å². The molecule has 1 aromatic rings. The van der Waals surface area contributed by atoms with Gasteiger partial charge in [-0.05, 0) is 24.8 Å². The van der Waals surface area contributed by atoms with Crippen LogP contribution in [-0.2, 0) is 14.8 Å². The van der Waals surface area contributed by atoms with Crippen molar-refractivity contribution >= 4 is 16.0 Å². The summed E-state index contributed by atoms with van der Waals surface area (Å²) in [5, 5.41) is 14.9. The molecule has 2 heterocycles. The Labute approximate surface area is 105 Å². The van der Waals surface area contributed by atoms with E-state index in [0.29, 0.717) is 25.9 Å². The highest BCUT2D eigenvalue weighted by molar-refractivity contribution is 7.89. The first-order valence-corrected chi connectivity index (χ1v) is 7.15. The second-order valence-corrected chi connectivity index (χ2v) is 6.27. The molecule has 0 aliphatic carbocycles. The molecule has 0 saturated carbocycles. The molecular weight excluding hydrogens is 258 g/mol. The lowest BCUT2D eigenvalue weighted by atomic mass is 9.95. The highest BCUT2D eigenvalue weighted by Crippen LogP contribution is 2.24. The molecule has 0 unspecified atom stereocenters. The van der Waals surface area contributed by atoms with Crippen LogP contribution in [0.2, 0.25) is 0 Å². The topological polar surface area (TPSA) is 103 Å². The fourth-order valence-corrected chi connectivity index (χ4v) is 3.50. The molecule has 0 amide bonds. The summed E-state index contributed by atoms with van der Waals surface area (Å²) < 4.78 is 25.6. The van der Waals surface area contributed by atoms with Crippen LogP contribution in [-0.4, -0.2) is 47.1 Å². The smallest absolute Gasteiger partial charge is 0.303 e. The molecule has 0 radical (unpaired) electrons. The summed E-state index contributed by atoms with van der Waals surface area (Å²) in [5.41, 5.74) is 0. The van der Waals surface area contributed by atoms with Crippen molar-refractivity contribution in [2.24, 2.45) is 5.92 Å². The second-order valence-electron chi connectivity index (χ2n) is 4.37. The van der Waals surface area contributed by atoms with Crippen molar-refractivity contribution in [3.05, 3.63) is 12.3 Å². The van der Waals surface area contributed by atoms with E-state index in [4.69, 9.17) is 5.11 Å². The average molecular weight is 273 g/mol. The van der Waals surface area contributed by atoms with Gasteiger partial charge in [-0.3, -0.25) is 9.89 Å². The number of hydrogen-bond donors (Lipinski definition) is 2. The van der Waals surface area contributed by atoms with Crippen LogP contribution in [0.5, 0.6) is 0 Å². The number of carboxylic acid groups (broad SMARTS) is 1. The predicted octanol–water partition coefficient (Wildman–Crippen LogP) is 0.285. The van der Waals surface area contributed by atoms with E-state index in [1.54, 1.807) is 0 Å². The van der Waals surface area contributed by atoms with E-state index < -0.39 is 16.0 Å². The monoisotopic (exact) mass is 273 g/mol. The molecular formula is C10H15N3O4S. The Kier molecular flexibility index (Phi) is 3.67. The fraction of sp³-hybridized carbons (Fsp3) is 0.600. The van der Waals surface area contributed by atoms with E-state index in [0.717, 1.165) is 0 Å². The largest absolute Gasteiger partial charge is 0.481 e. The molecule has 1 aliphatic heterocycles. The van der Waals surface area contributed by atoms with Crippen LogP contribution < -0.4 is 0 Å². The fourth-order valence-electron chi connectivity index (χ4n) is 2.13. The van der Waals surface area contributed by atoms with Crippen LogP contribution in [0.4, 0.5) is 0 Å². The van der Waals surface area contributed by atoms with Gasteiger partial charge in [0.2, 0.25) is 0 Å². The van der Waals surface area contributed by atoms with Crippen LogP contribution in [0.25, 0.3) is 0 Å². The molecule has 0 aromatic carbocycles. The SMILES string of the molecule is O=C(O)CC1CCN(S(=O)(=O)c2ccn[nH]2)CC1. The average Bonchev–Trinajstić information content (AvgIpc) is 2.83. The molecule has 2 N–H and O–H groups in total. The number of carbonyl (C=O) groups is 1. The van der Waals surface area contributed by atoms with Crippen LogP contribution in [0.1, 0.15) is 19.3 Å². The highest BCUT2D eigenvalue weighted by atomic mass is 32.2. The number of H-pyrrole nitrogens is 1. The molecule has 8 heteroatoms. The van der Waals surface area contributed by atoms with Gasteiger partial charge in [0.05, 0.1) is 6.20 Å². The van der Waals surface area contributed by atoms with Gasteiger partial charge in [0.15, 0.2) is 5.03 Å². The molecule has 0 spiro atoms. The summed E-state index contributed by atoms with van der Waals surface area (Å²) in [5.74, 6) is -0.763. The van der Waals surface area contributed by atoms with Crippen molar-refractivity contribution in [1.29, 1.82) is 0 Å². The standard InChI is InChI=1S/C10H15N3O4S/c14-10(15)7-8-2-5-13(6-3-8)18(16,17)9-1-4-11-12-9/h1,4,8H,2-3,5-7H2,(H,11,12)(H,14,15). The lowest BCUT2D eigenvalue weighted by Crippen LogP contribution is -2.39. The molecule has 1 saturated heterocycles. The maximum Gasteiger partial charge on any atom is 0.303 e. The summed E-state index contributed by atoms with van der Waals surface area (Å²) in [6, 6.07) is 1.42. The number of piperidine rings is 1. The number of sulfonamides is 1. The Hall–Kier alpha value is -1.41. The molecule has 7 nitrogen and oxygen atoms in total. The van der Waals surface area contributed by atoms with Gasteiger partial charge in [0.1, 0.15) is 0 Å². The molecule has 100 valence electrons. The second kappa shape index (κ2) is 5.07. The summed E-state index contributed by atoms with van der Waals surface area (Å²) in [7, 11) is -3.50. The maximum absolute atomic E-state index is 12.1. The van der Waals surface area contributed by atoms with Crippen molar-refractivity contribution in [3.8, 4) is 0 Å². The third kappa shape index (κ3) is 2.70. The van der Waals surface area contributed by atoms with E-state index in [-0.39, 0.29) is 17.4 Å². The quantitative estimate of drug-likeness (QED) is 0.820. The summed E-state index contributed by atoms with van der Waals surface area (Å²) in [4.78, 5) is 10.6. The maximum atomic E-state index is 12.1. The van der Waals surface area contributed by atoms with Gasteiger partial charge in [-0.1, -0.05) is 0 Å². The first kappa shape index (κ1) is 13.0. The molecule has 1 fully saturated rings. The predicted molar refractivity (Wildman–Crippen MR) is 62.3 cm³/mol. The molecule has 2 rings (SSSR count). The number of nitrogens with zero attached hydrogens (tertiary/aromatic N) is 2. The number of aliphatic carboxylic acids is 1. The molecule has 18 heavy (non-hydrogen) atoms. The highest BCUT2D eigenvalue weighted by Gasteiger charge is 2.30. The van der Waals surface area contributed by atoms with Gasteiger partial charge in [0.25, 0.3) is 10.0 Å². The number of aromatic amines is 1. The summed E-state index contributed by atoms with van der Waals surface area (Å²) >= 11 is 0. The Morgan fingerprint density at radius 3 is 2.67 bits per heavy atom. The minimum Gasteiger partial charge on any atom is -0.481 e. The van der Waals surface area contributed by atoms with E-state index in [1.807, 2.05) is 0 Å². The minimum absolute atomic E-state index is 0.0655. The molecule has 0 atom stereocenters. The third-order valence-corrected chi connectivity index (χ3v) is 4.96. The third-order valence-electron chi connectivity index (χ3n) is 3.13. The lowest BCUT2D eigenvalue weighted by molar-refractivity contribution is -0.138. The zero-order chi connectivity index (χ0) is 13.2. The number of hydrogen-bond acceptors (Lipinski definition) is 4. The first-order chi connectivity index (χ1) is 8.50. The van der Waals surface area contributed by atoms with Crippen LogP contribution in [0.15, 0.2) is 17.3 Å². The lowest BCUT2D eigenvalue weighted by Gasteiger charge is -2.29. The number of nitrogens with one attached hydrogen (secondary N) is 1. The Morgan fingerprint density at radius 2 is 2.17 bits per heavy atom. The molecule has 1 aromatic heterocycles. The van der Waals surface area contributed by atoms with Crippen molar-refractivity contribution in [1.82, 2.24) is 14.5 Å². The summed E-state index contributed by atoms with van der Waals surface area (Å²) in [6.07, 6.45) is 2.67. The Morgan fingerprint density at radius 1 is 1.50 bits per heavy atom. The van der Waals surface area contributed by atoms with Gasteiger partial charge >= 0.3 is 5.97 Å². The summed E-state index contributed by atoms with van der Waals surface area (Å²) in [6.45, 7) is 0.721. The van der Waals surface area contributed by atoms with Crippen molar-refractivity contribution < 1.29 is 18.3 Å². The zero-order valence-corrected chi connectivity index (χ0v) is 10.6. The van der Waals surface area contributed by atoms with Gasteiger partial charge in [-0.2, -0.15) is 9.40 Å². The number of carboxylic acids is 1. The molecule has 0 bridgehead atoms. The Bertz CT molecular complexity index is 503.